The second-order valence-electron chi connectivity index (χ2n) is 6.90. The number of anilines is 1. The molecule has 3 aromatic heterocycles. The zero-order valence-electron chi connectivity index (χ0n) is 18.0. The van der Waals surface area contributed by atoms with Crippen molar-refractivity contribution in [3.63, 3.8) is 0 Å². The molecule has 1 N–H and O–H groups in total. The van der Waals surface area contributed by atoms with Crippen LogP contribution >= 0.6 is 23.4 Å². The maximum atomic E-state index is 12.8. The first-order valence-corrected chi connectivity index (χ1v) is 11.5. The summed E-state index contributed by atoms with van der Waals surface area (Å²) < 4.78 is 7.73. The molecule has 0 aliphatic heterocycles. The Morgan fingerprint density at radius 3 is 2.73 bits per heavy atom. The molecule has 1 atom stereocenters. The predicted molar refractivity (Wildman–Crippen MR) is 129 cm³/mol. The fourth-order valence-corrected chi connectivity index (χ4v) is 4.03. The van der Waals surface area contributed by atoms with Crippen molar-refractivity contribution in [3.8, 4) is 22.8 Å². The van der Waals surface area contributed by atoms with Gasteiger partial charge in [0, 0.05) is 24.2 Å². The van der Waals surface area contributed by atoms with E-state index in [1.165, 1.54) is 18.0 Å². The molecule has 0 saturated heterocycles. The van der Waals surface area contributed by atoms with Crippen molar-refractivity contribution in [1.29, 1.82) is 0 Å². The van der Waals surface area contributed by atoms with Crippen LogP contribution in [0.2, 0.25) is 5.02 Å². The normalized spacial score (nSPS) is 11.7. The van der Waals surface area contributed by atoms with Gasteiger partial charge in [0.2, 0.25) is 5.91 Å². The van der Waals surface area contributed by atoms with Crippen LogP contribution in [0.1, 0.15) is 13.8 Å². The highest BCUT2D eigenvalue weighted by molar-refractivity contribution is 8.00. The van der Waals surface area contributed by atoms with Crippen molar-refractivity contribution in [2.24, 2.45) is 0 Å². The van der Waals surface area contributed by atoms with E-state index in [4.69, 9.17) is 16.3 Å². The molecule has 0 bridgehead atoms. The van der Waals surface area contributed by atoms with Crippen molar-refractivity contribution in [2.75, 3.05) is 11.9 Å². The topological polar surface area (TPSA) is 94.8 Å². The van der Waals surface area contributed by atoms with Gasteiger partial charge in [0.25, 0.3) is 0 Å². The van der Waals surface area contributed by atoms with E-state index in [1.807, 2.05) is 47.9 Å². The molecule has 0 aliphatic rings. The standard InChI is InChI=1S/C23H21ClN6O2S/c1-3-32-19-9-5-4-8-18(19)30-21(16-7-6-12-25-13-16)28-29-23(30)33-15(2)22(31)27-20-11-10-17(24)14-26-20/h4-15H,3H2,1-2H3,(H,26,27,31). The Kier molecular flexibility index (Phi) is 7.21. The Bertz CT molecular complexity index is 1230. The number of halogens is 1. The van der Waals surface area contributed by atoms with E-state index in [9.17, 15) is 4.79 Å². The van der Waals surface area contributed by atoms with Crippen LogP contribution in [0, 0.1) is 0 Å². The molecule has 0 aliphatic carbocycles. The average molecular weight is 481 g/mol. The molecule has 168 valence electrons. The van der Waals surface area contributed by atoms with Crippen LogP contribution in [0.4, 0.5) is 5.82 Å². The van der Waals surface area contributed by atoms with Gasteiger partial charge >= 0.3 is 0 Å². The Morgan fingerprint density at radius 1 is 1.15 bits per heavy atom. The Morgan fingerprint density at radius 2 is 2.00 bits per heavy atom. The lowest BCUT2D eigenvalue weighted by atomic mass is 10.2. The molecule has 0 saturated carbocycles. The summed E-state index contributed by atoms with van der Waals surface area (Å²) in [6.07, 6.45) is 4.91. The van der Waals surface area contributed by atoms with Crippen LogP contribution in [0.5, 0.6) is 5.75 Å². The van der Waals surface area contributed by atoms with Crippen LogP contribution < -0.4 is 10.1 Å². The summed E-state index contributed by atoms with van der Waals surface area (Å²) in [5, 5.41) is 12.2. The van der Waals surface area contributed by atoms with Gasteiger partial charge in [0.05, 0.1) is 22.6 Å². The van der Waals surface area contributed by atoms with E-state index in [0.29, 0.717) is 34.2 Å². The molecule has 1 amide bonds. The summed E-state index contributed by atoms with van der Waals surface area (Å²) in [5.74, 6) is 1.50. The van der Waals surface area contributed by atoms with Gasteiger partial charge in [-0.15, -0.1) is 10.2 Å². The SMILES string of the molecule is CCOc1ccccc1-n1c(SC(C)C(=O)Nc2ccc(Cl)cn2)nnc1-c1cccnc1. The number of hydrogen-bond acceptors (Lipinski definition) is 7. The van der Waals surface area contributed by atoms with Crippen molar-refractivity contribution < 1.29 is 9.53 Å². The summed E-state index contributed by atoms with van der Waals surface area (Å²) >= 11 is 7.16. The Labute approximate surface area is 200 Å². The molecular formula is C23H21ClN6O2S. The number of pyridine rings is 2. The fraction of sp³-hybridized carbons (Fsp3) is 0.174. The number of nitrogens with one attached hydrogen (secondary N) is 1. The predicted octanol–water partition coefficient (Wildman–Crippen LogP) is 4.90. The van der Waals surface area contributed by atoms with Gasteiger partial charge < -0.3 is 10.1 Å². The summed E-state index contributed by atoms with van der Waals surface area (Å²) in [7, 11) is 0. The molecule has 33 heavy (non-hydrogen) atoms. The minimum absolute atomic E-state index is 0.217. The Balaban J connectivity index is 1.68. The second-order valence-corrected chi connectivity index (χ2v) is 8.64. The van der Waals surface area contributed by atoms with Crippen LogP contribution in [0.25, 0.3) is 17.1 Å². The van der Waals surface area contributed by atoms with Gasteiger partial charge in [0.1, 0.15) is 11.6 Å². The first-order valence-electron chi connectivity index (χ1n) is 10.2. The number of thioether (sulfide) groups is 1. The number of carbonyl (C=O) groups excluding carboxylic acids is 1. The highest BCUT2D eigenvalue weighted by atomic mass is 35.5. The van der Waals surface area contributed by atoms with Gasteiger partial charge in [-0.2, -0.15) is 0 Å². The molecule has 1 aromatic carbocycles. The number of ether oxygens (including phenoxy) is 1. The third-order valence-corrected chi connectivity index (χ3v) is 5.86. The van der Waals surface area contributed by atoms with E-state index >= 15 is 0 Å². The summed E-state index contributed by atoms with van der Waals surface area (Å²) in [6, 6.07) is 14.7. The third-order valence-electron chi connectivity index (χ3n) is 4.59. The Hall–Kier alpha value is -3.43. The van der Waals surface area contributed by atoms with Crippen LogP contribution in [-0.2, 0) is 4.79 Å². The zero-order chi connectivity index (χ0) is 23.2. The number of benzene rings is 1. The summed E-state index contributed by atoms with van der Waals surface area (Å²) in [5.41, 5.74) is 1.57. The molecule has 4 rings (SSSR count). The van der Waals surface area contributed by atoms with Gasteiger partial charge in [-0.3, -0.25) is 14.3 Å². The number of carbonyl (C=O) groups is 1. The van der Waals surface area contributed by atoms with Gasteiger partial charge in [-0.05, 0) is 50.2 Å². The molecular weight excluding hydrogens is 460 g/mol. The highest BCUT2D eigenvalue weighted by Crippen LogP contribution is 2.34. The van der Waals surface area contributed by atoms with E-state index in [-0.39, 0.29) is 5.91 Å². The van der Waals surface area contributed by atoms with Gasteiger partial charge in [0.15, 0.2) is 11.0 Å². The maximum Gasteiger partial charge on any atom is 0.238 e. The number of aromatic nitrogens is 5. The van der Waals surface area contributed by atoms with E-state index in [0.717, 1.165) is 11.3 Å². The van der Waals surface area contributed by atoms with E-state index < -0.39 is 5.25 Å². The maximum absolute atomic E-state index is 12.8. The van der Waals surface area contributed by atoms with Crippen LogP contribution in [0.15, 0.2) is 72.3 Å². The summed E-state index contributed by atoms with van der Waals surface area (Å²) in [4.78, 5) is 21.1. The van der Waals surface area contributed by atoms with E-state index in [1.54, 1.807) is 31.5 Å². The highest BCUT2D eigenvalue weighted by Gasteiger charge is 2.23. The first kappa shape index (κ1) is 22.8. The quantitative estimate of drug-likeness (QED) is 0.358. The van der Waals surface area contributed by atoms with Crippen molar-refractivity contribution in [3.05, 3.63) is 72.1 Å². The summed E-state index contributed by atoms with van der Waals surface area (Å²) in [6.45, 7) is 4.24. The minimum atomic E-state index is -0.480. The van der Waals surface area contributed by atoms with Crippen molar-refractivity contribution in [1.82, 2.24) is 24.7 Å². The molecule has 0 radical (unpaired) electrons. The number of nitrogens with zero attached hydrogens (tertiary/aromatic N) is 5. The number of para-hydroxylation sites is 2. The number of rotatable bonds is 8. The third kappa shape index (κ3) is 5.32. The monoisotopic (exact) mass is 480 g/mol. The number of hydrogen-bond donors (Lipinski definition) is 1. The van der Waals surface area contributed by atoms with Crippen molar-refractivity contribution in [2.45, 2.75) is 24.3 Å². The molecule has 3 heterocycles. The fourth-order valence-electron chi connectivity index (χ4n) is 3.05. The molecule has 1 unspecified atom stereocenters. The molecule has 0 fully saturated rings. The van der Waals surface area contributed by atoms with Crippen LogP contribution in [-0.4, -0.2) is 42.5 Å². The first-order chi connectivity index (χ1) is 16.1. The van der Waals surface area contributed by atoms with E-state index in [2.05, 4.69) is 25.5 Å². The average Bonchev–Trinajstić information content (AvgIpc) is 3.25. The molecule has 8 nitrogen and oxygen atoms in total. The lowest BCUT2D eigenvalue weighted by molar-refractivity contribution is -0.115. The molecule has 10 heteroatoms. The molecule has 4 aromatic rings. The minimum Gasteiger partial charge on any atom is -0.492 e. The smallest absolute Gasteiger partial charge is 0.238 e. The van der Waals surface area contributed by atoms with Crippen LogP contribution in [0.3, 0.4) is 0 Å². The second kappa shape index (κ2) is 10.5. The largest absolute Gasteiger partial charge is 0.492 e. The van der Waals surface area contributed by atoms with Crippen molar-refractivity contribution >= 4 is 35.1 Å². The molecule has 0 spiro atoms. The lowest BCUT2D eigenvalue weighted by Gasteiger charge is -2.16. The lowest BCUT2D eigenvalue weighted by Crippen LogP contribution is -2.23. The van der Waals surface area contributed by atoms with Gasteiger partial charge in [-0.1, -0.05) is 35.5 Å². The zero-order valence-corrected chi connectivity index (χ0v) is 19.5. The number of amides is 1. The van der Waals surface area contributed by atoms with Gasteiger partial charge in [-0.25, -0.2) is 4.98 Å².